The fourth-order valence-electron chi connectivity index (χ4n) is 3.23. The van der Waals surface area contributed by atoms with Gasteiger partial charge in [-0.3, -0.25) is 0 Å². The van der Waals surface area contributed by atoms with Crippen LogP contribution in [0, 0.1) is 20.8 Å². The lowest BCUT2D eigenvalue weighted by Gasteiger charge is -2.12. The number of benzene rings is 2. The molecule has 1 heterocycles. The molecule has 0 amide bonds. The molecule has 2 aromatic carbocycles. The van der Waals surface area contributed by atoms with Gasteiger partial charge in [-0.2, -0.15) is 0 Å². The summed E-state index contributed by atoms with van der Waals surface area (Å²) in [5, 5.41) is 10.1. The maximum absolute atomic E-state index is 10.1. The predicted octanol–water partition coefficient (Wildman–Crippen LogP) is 4.87. The van der Waals surface area contributed by atoms with E-state index in [0.29, 0.717) is 6.61 Å². The first-order valence-corrected chi connectivity index (χ1v) is 9.31. The molecule has 1 aromatic heterocycles. The van der Waals surface area contributed by atoms with Crippen molar-refractivity contribution >= 4 is 11.0 Å². The third-order valence-corrected chi connectivity index (χ3v) is 4.89. The second-order valence-corrected chi connectivity index (χ2v) is 7.04. The quantitative estimate of drug-likeness (QED) is 0.617. The molecule has 0 saturated carbocycles. The van der Waals surface area contributed by atoms with Crippen LogP contribution in [0.15, 0.2) is 36.4 Å². The number of aliphatic hydroxyl groups is 1. The molecule has 0 aliphatic heterocycles. The first-order valence-electron chi connectivity index (χ1n) is 9.31. The average Bonchev–Trinajstić information content (AvgIpc) is 2.94. The fraction of sp³-hybridized carbons (Fsp3) is 0.409. The molecule has 4 nitrogen and oxygen atoms in total. The van der Waals surface area contributed by atoms with Gasteiger partial charge in [-0.1, -0.05) is 18.2 Å². The third-order valence-electron chi connectivity index (χ3n) is 4.89. The van der Waals surface area contributed by atoms with Crippen LogP contribution in [0.4, 0.5) is 0 Å². The molecule has 0 aliphatic carbocycles. The molecule has 0 aliphatic rings. The minimum absolute atomic E-state index is 0.578. The van der Waals surface area contributed by atoms with Crippen LogP contribution in [0.5, 0.6) is 5.75 Å². The summed E-state index contributed by atoms with van der Waals surface area (Å²) in [6, 6.07) is 12.4. The van der Waals surface area contributed by atoms with Gasteiger partial charge in [0.25, 0.3) is 0 Å². The maximum Gasteiger partial charge on any atom is 0.138 e. The fourth-order valence-corrected chi connectivity index (χ4v) is 3.23. The summed E-state index contributed by atoms with van der Waals surface area (Å²) in [7, 11) is 0. The van der Waals surface area contributed by atoms with E-state index < -0.39 is 6.10 Å². The van der Waals surface area contributed by atoms with Crippen LogP contribution in [0.1, 0.15) is 48.4 Å². The summed E-state index contributed by atoms with van der Waals surface area (Å²) in [5.74, 6) is 1.70. The van der Waals surface area contributed by atoms with E-state index in [4.69, 9.17) is 4.74 Å². The first kappa shape index (κ1) is 18.5. The van der Waals surface area contributed by atoms with E-state index >= 15 is 0 Å². The molecule has 138 valence electrons. The highest BCUT2D eigenvalue weighted by Crippen LogP contribution is 2.24. The summed E-state index contributed by atoms with van der Waals surface area (Å²) in [6.07, 6.45) is 1.36. The van der Waals surface area contributed by atoms with Gasteiger partial charge in [0.15, 0.2) is 0 Å². The van der Waals surface area contributed by atoms with Crippen molar-refractivity contribution in [3.8, 4) is 5.75 Å². The van der Waals surface area contributed by atoms with E-state index in [1.807, 2.05) is 18.2 Å². The number of rotatable bonds is 7. The number of fused-ring (bicyclic) bond motifs is 1. The molecule has 1 unspecified atom stereocenters. The topological polar surface area (TPSA) is 47.3 Å². The van der Waals surface area contributed by atoms with Crippen LogP contribution in [-0.2, 0) is 6.54 Å². The highest BCUT2D eigenvalue weighted by molar-refractivity contribution is 5.78. The Labute approximate surface area is 155 Å². The van der Waals surface area contributed by atoms with Gasteiger partial charge in [0.2, 0.25) is 0 Å². The van der Waals surface area contributed by atoms with Gasteiger partial charge in [0.1, 0.15) is 17.7 Å². The highest BCUT2D eigenvalue weighted by atomic mass is 16.5. The van der Waals surface area contributed by atoms with Crippen LogP contribution in [0.2, 0.25) is 0 Å². The number of aryl methyl sites for hydroxylation is 4. The lowest BCUT2D eigenvalue weighted by atomic mass is 10.1. The Morgan fingerprint density at radius 2 is 1.77 bits per heavy atom. The summed E-state index contributed by atoms with van der Waals surface area (Å²) in [5.41, 5.74) is 5.70. The van der Waals surface area contributed by atoms with E-state index in [-0.39, 0.29) is 0 Å². The number of nitrogens with zero attached hydrogens (tertiary/aromatic N) is 2. The second kappa shape index (κ2) is 7.92. The highest BCUT2D eigenvalue weighted by Gasteiger charge is 2.15. The lowest BCUT2D eigenvalue weighted by Crippen LogP contribution is -2.08. The molecular weight excluding hydrogens is 324 g/mol. The number of ether oxygens (including phenoxy) is 1. The smallest absolute Gasteiger partial charge is 0.138 e. The minimum atomic E-state index is -0.578. The van der Waals surface area contributed by atoms with E-state index in [1.54, 1.807) is 6.92 Å². The van der Waals surface area contributed by atoms with Gasteiger partial charge in [0.05, 0.1) is 17.6 Å². The average molecular weight is 352 g/mol. The van der Waals surface area contributed by atoms with Crippen molar-refractivity contribution < 1.29 is 9.84 Å². The van der Waals surface area contributed by atoms with Crippen LogP contribution in [0.3, 0.4) is 0 Å². The van der Waals surface area contributed by atoms with Gasteiger partial charge in [-0.05, 0) is 75.4 Å². The lowest BCUT2D eigenvalue weighted by molar-refractivity contribution is 0.184. The number of unbranched alkanes of at least 4 members (excludes halogenated alkanes) is 1. The Morgan fingerprint density at radius 3 is 2.50 bits per heavy atom. The Bertz CT molecular complexity index is 897. The second-order valence-electron chi connectivity index (χ2n) is 7.04. The Kier molecular flexibility index (Phi) is 5.62. The molecule has 0 fully saturated rings. The molecule has 0 saturated heterocycles. The number of aromatic nitrogens is 2. The molecular formula is C22H28N2O2. The van der Waals surface area contributed by atoms with Crippen LogP contribution in [0.25, 0.3) is 11.0 Å². The van der Waals surface area contributed by atoms with Gasteiger partial charge >= 0.3 is 0 Å². The Hall–Kier alpha value is -2.33. The zero-order valence-electron chi connectivity index (χ0n) is 16.1. The van der Waals surface area contributed by atoms with Crippen molar-refractivity contribution in [2.75, 3.05) is 6.61 Å². The van der Waals surface area contributed by atoms with Crippen molar-refractivity contribution in [3.05, 3.63) is 58.9 Å². The number of imidazole rings is 1. The molecule has 0 radical (unpaired) electrons. The van der Waals surface area contributed by atoms with Crippen LogP contribution in [-0.4, -0.2) is 21.3 Å². The van der Waals surface area contributed by atoms with Crippen molar-refractivity contribution in [2.24, 2.45) is 0 Å². The van der Waals surface area contributed by atoms with E-state index in [1.165, 1.54) is 11.1 Å². The SMILES string of the molecule is Cc1cc2nc(C(C)O)n(CCCCOc3ccccc3C)c2cc1C. The molecule has 4 heteroatoms. The third kappa shape index (κ3) is 3.91. The largest absolute Gasteiger partial charge is 0.493 e. The number of hydrogen-bond acceptors (Lipinski definition) is 3. The standard InChI is InChI=1S/C22H28N2O2/c1-15-9-5-6-10-21(15)26-12-8-7-11-24-20-14-17(3)16(2)13-19(20)23-22(24)18(4)25/h5-6,9-10,13-14,18,25H,7-8,11-12H2,1-4H3. The molecule has 0 bridgehead atoms. The predicted molar refractivity (Wildman–Crippen MR) is 106 cm³/mol. The zero-order chi connectivity index (χ0) is 18.7. The molecule has 3 aromatic rings. The molecule has 3 rings (SSSR count). The van der Waals surface area contributed by atoms with Crippen LogP contribution >= 0.6 is 0 Å². The number of hydrogen-bond donors (Lipinski definition) is 1. The van der Waals surface area contributed by atoms with Gasteiger partial charge < -0.3 is 14.4 Å². The molecule has 26 heavy (non-hydrogen) atoms. The van der Waals surface area contributed by atoms with E-state index in [9.17, 15) is 5.11 Å². The molecule has 0 spiro atoms. The number of para-hydroxylation sites is 1. The Morgan fingerprint density at radius 1 is 1.04 bits per heavy atom. The first-order chi connectivity index (χ1) is 12.5. The van der Waals surface area contributed by atoms with Crippen molar-refractivity contribution in [3.63, 3.8) is 0 Å². The number of aliphatic hydroxyl groups excluding tert-OH is 1. The Balaban J connectivity index is 1.67. The van der Waals surface area contributed by atoms with E-state index in [2.05, 4.69) is 48.5 Å². The monoisotopic (exact) mass is 352 g/mol. The van der Waals surface area contributed by atoms with Gasteiger partial charge in [0, 0.05) is 6.54 Å². The van der Waals surface area contributed by atoms with E-state index in [0.717, 1.165) is 47.6 Å². The summed E-state index contributed by atoms with van der Waals surface area (Å²) in [6.45, 7) is 9.57. The summed E-state index contributed by atoms with van der Waals surface area (Å²) >= 11 is 0. The van der Waals surface area contributed by atoms with Crippen molar-refractivity contribution in [1.29, 1.82) is 0 Å². The van der Waals surface area contributed by atoms with Crippen molar-refractivity contribution in [2.45, 2.75) is 53.2 Å². The maximum atomic E-state index is 10.1. The summed E-state index contributed by atoms with van der Waals surface area (Å²) < 4.78 is 8.03. The molecule has 1 atom stereocenters. The summed E-state index contributed by atoms with van der Waals surface area (Å²) in [4.78, 5) is 4.65. The normalized spacial score (nSPS) is 12.5. The minimum Gasteiger partial charge on any atom is -0.493 e. The van der Waals surface area contributed by atoms with Crippen LogP contribution < -0.4 is 4.74 Å². The van der Waals surface area contributed by atoms with Crippen molar-refractivity contribution in [1.82, 2.24) is 9.55 Å². The van der Waals surface area contributed by atoms with Gasteiger partial charge in [-0.25, -0.2) is 4.98 Å². The zero-order valence-corrected chi connectivity index (χ0v) is 16.1. The molecule has 1 N–H and O–H groups in total. The van der Waals surface area contributed by atoms with Gasteiger partial charge in [-0.15, -0.1) is 0 Å².